The fourth-order valence-corrected chi connectivity index (χ4v) is 2.53. The van der Waals surface area contributed by atoms with E-state index < -0.39 is 6.36 Å². The van der Waals surface area contributed by atoms with E-state index in [1.807, 2.05) is 13.8 Å². The fourth-order valence-electron chi connectivity index (χ4n) is 2.53. The summed E-state index contributed by atoms with van der Waals surface area (Å²) in [5, 5.41) is 3.29. The zero-order chi connectivity index (χ0) is 15.5. The van der Waals surface area contributed by atoms with E-state index in [4.69, 9.17) is 4.74 Å². The molecule has 1 aromatic rings. The van der Waals surface area contributed by atoms with E-state index in [9.17, 15) is 13.2 Å². The Morgan fingerprint density at radius 1 is 1.33 bits per heavy atom. The number of para-hydroxylation sites is 1. The standard InChI is InChI=1S/C15H20F3NO2/c1-14(2)9-12(7-8-20-14)19-10-11-5-3-4-6-13(11)21-15(16,17)18/h3-6,12,19H,7-10H2,1-2H3. The Kier molecular flexibility index (Phi) is 4.78. The molecule has 118 valence electrons. The van der Waals surface area contributed by atoms with Crippen LogP contribution in [0, 0.1) is 0 Å². The highest BCUT2D eigenvalue weighted by Crippen LogP contribution is 2.27. The molecular weight excluding hydrogens is 283 g/mol. The highest BCUT2D eigenvalue weighted by Gasteiger charge is 2.32. The molecule has 1 aromatic carbocycles. The quantitative estimate of drug-likeness (QED) is 0.921. The van der Waals surface area contributed by atoms with Crippen LogP contribution in [0.2, 0.25) is 0 Å². The van der Waals surface area contributed by atoms with Crippen molar-refractivity contribution in [3.63, 3.8) is 0 Å². The Balaban J connectivity index is 1.97. The molecular formula is C15H20F3NO2. The van der Waals surface area contributed by atoms with Crippen molar-refractivity contribution in [2.75, 3.05) is 6.61 Å². The van der Waals surface area contributed by atoms with Crippen LogP contribution < -0.4 is 10.1 Å². The second kappa shape index (κ2) is 6.23. The smallest absolute Gasteiger partial charge is 0.405 e. The van der Waals surface area contributed by atoms with Crippen LogP contribution in [0.15, 0.2) is 24.3 Å². The molecule has 1 atom stereocenters. The highest BCUT2D eigenvalue weighted by atomic mass is 19.4. The second-order valence-corrected chi connectivity index (χ2v) is 5.83. The van der Waals surface area contributed by atoms with Gasteiger partial charge in [-0.1, -0.05) is 18.2 Å². The third-order valence-electron chi connectivity index (χ3n) is 3.48. The molecule has 3 nitrogen and oxygen atoms in total. The molecule has 1 N–H and O–H groups in total. The molecule has 1 unspecified atom stereocenters. The van der Waals surface area contributed by atoms with Crippen LogP contribution >= 0.6 is 0 Å². The summed E-state index contributed by atoms with van der Waals surface area (Å²) in [7, 11) is 0. The van der Waals surface area contributed by atoms with Crippen molar-refractivity contribution in [2.24, 2.45) is 0 Å². The summed E-state index contributed by atoms with van der Waals surface area (Å²) in [5.74, 6) is -0.149. The van der Waals surface area contributed by atoms with Gasteiger partial charge in [-0.25, -0.2) is 0 Å². The third-order valence-corrected chi connectivity index (χ3v) is 3.48. The van der Waals surface area contributed by atoms with Gasteiger partial charge in [0.1, 0.15) is 5.75 Å². The average molecular weight is 303 g/mol. The van der Waals surface area contributed by atoms with E-state index in [0.29, 0.717) is 18.7 Å². The van der Waals surface area contributed by atoms with Crippen molar-refractivity contribution in [1.82, 2.24) is 5.32 Å². The van der Waals surface area contributed by atoms with E-state index in [-0.39, 0.29) is 17.4 Å². The summed E-state index contributed by atoms with van der Waals surface area (Å²) < 4.78 is 46.7. The molecule has 21 heavy (non-hydrogen) atoms. The summed E-state index contributed by atoms with van der Waals surface area (Å²) >= 11 is 0. The first-order chi connectivity index (χ1) is 9.75. The number of benzene rings is 1. The van der Waals surface area contributed by atoms with Crippen molar-refractivity contribution in [1.29, 1.82) is 0 Å². The van der Waals surface area contributed by atoms with Gasteiger partial charge in [-0.05, 0) is 32.8 Å². The van der Waals surface area contributed by atoms with Gasteiger partial charge in [-0.3, -0.25) is 0 Å². The molecule has 1 heterocycles. The van der Waals surface area contributed by atoms with Gasteiger partial charge in [0.15, 0.2) is 0 Å². The van der Waals surface area contributed by atoms with Gasteiger partial charge in [-0.2, -0.15) is 0 Å². The van der Waals surface area contributed by atoms with Crippen LogP contribution in [-0.2, 0) is 11.3 Å². The number of hydrogen-bond donors (Lipinski definition) is 1. The van der Waals surface area contributed by atoms with E-state index in [1.54, 1.807) is 12.1 Å². The van der Waals surface area contributed by atoms with Crippen LogP contribution in [0.4, 0.5) is 13.2 Å². The van der Waals surface area contributed by atoms with Gasteiger partial charge in [0, 0.05) is 24.8 Å². The van der Waals surface area contributed by atoms with Crippen molar-refractivity contribution in [2.45, 2.75) is 51.2 Å². The first-order valence-corrected chi connectivity index (χ1v) is 6.96. The minimum Gasteiger partial charge on any atom is -0.405 e. The first-order valence-electron chi connectivity index (χ1n) is 6.96. The molecule has 0 spiro atoms. The topological polar surface area (TPSA) is 30.5 Å². The molecule has 0 aromatic heterocycles. The number of halogens is 3. The van der Waals surface area contributed by atoms with E-state index in [2.05, 4.69) is 10.1 Å². The molecule has 0 aliphatic carbocycles. The van der Waals surface area contributed by atoms with Gasteiger partial charge in [-0.15, -0.1) is 13.2 Å². The Morgan fingerprint density at radius 2 is 2.05 bits per heavy atom. The first kappa shape index (κ1) is 16.1. The molecule has 1 fully saturated rings. The third kappa shape index (κ3) is 5.21. The summed E-state index contributed by atoms with van der Waals surface area (Å²) in [6, 6.07) is 6.43. The lowest BCUT2D eigenvalue weighted by atomic mass is 9.94. The Bertz CT molecular complexity index is 474. The fraction of sp³-hybridized carbons (Fsp3) is 0.600. The zero-order valence-corrected chi connectivity index (χ0v) is 12.2. The maximum atomic E-state index is 12.4. The number of ether oxygens (including phenoxy) is 2. The molecule has 1 aliphatic rings. The van der Waals surface area contributed by atoms with Crippen LogP contribution in [0.5, 0.6) is 5.75 Å². The number of nitrogens with one attached hydrogen (secondary N) is 1. The van der Waals surface area contributed by atoms with Crippen LogP contribution in [0.25, 0.3) is 0 Å². The molecule has 0 saturated carbocycles. The Hall–Kier alpha value is -1.27. The monoisotopic (exact) mass is 303 g/mol. The van der Waals surface area contributed by atoms with Gasteiger partial charge in [0.2, 0.25) is 0 Å². The summed E-state index contributed by atoms with van der Waals surface area (Å²) in [6.45, 7) is 5.03. The summed E-state index contributed by atoms with van der Waals surface area (Å²) in [5.41, 5.74) is 0.303. The zero-order valence-electron chi connectivity index (χ0n) is 12.2. The molecule has 0 bridgehead atoms. The van der Waals surface area contributed by atoms with Gasteiger partial charge >= 0.3 is 6.36 Å². The number of hydrogen-bond acceptors (Lipinski definition) is 3. The van der Waals surface area contributed by atoms with Crippen LogP contribution in [0.1, 0.15) is 32.3 Å². The van der Waals surface area contributed by atoms with Crippen LogP contribution in [0.3, 0.4) is 0 Å². The predicted molar refractivity (Wildman–Crippen MR) is 73.0 cm³/mol. The van der Waals surface area contributed by atoms with Crippen LogP contribution in [-0.4, -0.2) is 24.6 Å². The van der Waals surface area contributed by atoms with Crippen molar-refractivity contribution >= 4 is 0 Å². The summed E-state index contributed by atoms with van der Waals surface area (Å²) in [6.07, 6.45) is -2.99. The maximum absolute atomic E-state index is 12.4. The van der Waals surface area contributed by atoms with Gasteiger partial charge < -0.3 is 14.8 Å². The number of rotatable bonds is 4. The highest BCUT2D eigenvalue weighted by molar-refractivity contribution is 5.33. The maximum Gasteiger partial charge on any atom is 0.573 e. The minimum atomic E-state index is -4.67. The lowest BCUT2D eigenvalue weighted by Gasteiger charge is -2.36. The van der Waals surface area contributed by atoms with Crippen molar-refractivity contribution in [3.05, 3.63) is 29.8 Å². The molecule has 0 amide bonds. The van der Waals surface area contributed by atoms with Crippen molar-refractivity contribution in [3.8, 4) is 5.75 Å². The molecule has 1 aliphatic heterocycles. The molecule has 2 rings (SSSR count). The molecule has 1 saturated heterocycles. The normalized spacial score (nSPS) is 22.0. The SMILES string of the molecule is CC1(C)CC(NCc2ccccc2OC(F)(F)F)CCO1. The van der Waals surface area contributed by atoms with Crippen molar-refractivity contribution < 1.29 is 22.6 Å². The predicted octanol–water partition coefficient (Wildman–Crippen LogP) is 3.63. The van der Waals surface area contributed by atoms with E-state index >= 15 is 0 Å². The van der Waals surface area contributed by atoms with Gasteiger partial charge in [0.25, 0.3) is 0 Å². The average Bonchev–Trinajstić information content (AvgIpc) is 2.35. The van der Waals surface area contributed by atoms with E-state index in [1.165, 1.54) is 12.1 Å². The second-order valence-electron chi connectivity index (χ2n) is 5.83. The van der Waals surface area contributed by atoms with Gasteiger partial charge in [0.05, 0.1) is 5.60 Å². The molecule has 6 heteroatoms. The lowest BCUT2D eigenvalue weighted by molar-refractivity contribution is -0.274. The minimum absolute atomic E-state index is 0.149. The summed E-state index contributed by atoms with van der Waals surface area (Å²) in [4.78, 5) is 0. The molecule has 0 radical (unpaired) electrons. The number of alkyl halides is 3. The Labute approximate surface area is 122 Å². The largest absolute Gasteiger partial charge is 0.573 e. The lowest BCUT2D eigenvalue weighted by Crippen LogP contribution is -2.43. The Morgan fingerprint density at radius 3 is 2.71 bits per heavy atom. The van der Waals surface area contributed by atoms with E-state index in [0.717, 1.165) is 12.8 Å².